The average Bonchev–Trinajstić information content (AvgIpc) is 2.82. The van der Waals surface area contributed by atoms with Crippen molar-refractivity contribution < 1.29 is 9.28 Å². The Bertz CT molecular complexity index is 365. The van der Waals surface area contributed by atoms with Gasteiger partial charge in [-0.15, -0.1) is 0 Å². The van der Waals surface area contributed by atoms with Gasteiger partial charge in [0.2, 0.25) is 5.91 Å². The maximum atomic E-state index is 11.3. The highest BCUT2D eigenvalue weighted by Gasteiger charge is 2.41. The quantitative estimate of drug-likeness (QED) is 0.530. The van der Waals surface area contributed by atoms with Crippen LogP contribution in [-0.2, 0) is 4.79 Å². The number of quaternary nitrogens is 1. The highest BCUT2D eigenvalue weighted by atomic mass is 16.1. The Hall–Kier alpha value is -1.29. The van der Waals surface area contributed by atoms with Crippen LogP contribution in [0.5, 0.6) is 0 Å². The van der Waals surface area contributed by atoms with Crippen molar-refractivity contribution >= 4 is 5.91 Å². The molecule has 20 heavy (non-hydrogen) atoms. The molecule has 4 heteroatoms. The zero-order valence-electron chi connectivity index (χ0n) is 13.4. The second-order valence-electron chi connectivity index (χ2n) is 5.52. The largest absolute Gasteiger partial charge is 0.338 e. The Morgan fingerprint density at radius 2 is 2.10 bits per heavy atom. The number of nitrogens with zero attached hydrogens (tertiary/aromatic N) is 1. The van der Waals surface area contributed by atoms with Crippen LogP contribution in [-0.4, -0.2) is 29.3 Å². The van der Waals surface area contributed by atoms with Crippen molar-refractivity contribution in [3.63, 3.8) is 0 Å². The molecule has 0 aromatic heterocycles. The third kappa shape index (κ3) is 4.10. The van der Waals surface area contributed by atoms with E-state index in [2.05, 4.69) is 49.8 Å². The van der Waals surface area contributed by atoms with Crippen molar-refractivity contribution in [3.05, 3.63) is 24.6 Å². The van der Waals surface area contributed by atoms with E-state index >= 15 is 0 Å². The first-order valence-corrected chi connectivity index (χ1v) is 7.79. The van der Waals surface area contributed by atoms with Gasteiger partial charge in [0.15, 0.2) is 12.3 Å². The van der Waals surface area contributed by atoms with E-state index in [1.165, 1.54) is 6.42 Å². The van der Waals surface area contributed by atoms with Crippen LogP contribution in [0.4, 0.5) is 0 Å². The van der Waals surface area contributed by atoms with Crippen LogP contribution in [0.3, 0.4) is 0 Å². The third-order valence-corrected chi connectivity index (χ3v) is 4.13. The molecule has 114 valence electrons. The summed E-state index contributed by atoms with van der Waals surface area (Å²) in [6, 6.07) is 0. The topological polar surface area (TPSA) is 41.1 Å². The fraction of sp³-hybridized carbons (Fsp3) is 0.688. The van der Waals surface area contributed by atoms with Gasteiger partial charge < -0.3 is 10.6 Å². The maximum absolute atomic E-state index is 11.3. The lowest BCUT2D eigenvalue weighted by atomic mass is 10.1. The van der Waals surface area contributed by atoms with Crippen LogP contribution in [0, 0.1) is 0 Å². The molecule has 0 bridgehead atoms. The third-order valence-electron chi connectivity index (χ3n) is 4.13. The molecule has 0 radical (unpaired) electrons. The van der Waals surface area contributed by atoms with Crippen LogP contribution < -0.4 is 10.6 Å². The van der Waals surface area contributed by atoms with Gasteiger partial charge in [-0.1, -0.05) is 25.5 Å². The molecule has 3 atom stereocenters. The Labute approximate surface area is 123 Å². The first-order chi connectivity index (χ1) is 9.56. The van der Waals surface area contributed by atoms with Crippen molar-refractivity contribution in [1.82, 2.24) is 10.6 Å². The molecule has 0 fully saturated rings. The van der Waals surface area contributed by atoms with E-state index < -0.39 is 0 Å². The highest BCUT2D eigenvalue weighted by Crippen LogP contribution is 2.25. The molecule has 3 unspecified atom stereocenters. The van der Waals surface area contributed by atoms with E-state index in [0.717, 1.165) is 30.3 Å². The first kappa shape index (κ1) is 16.8. The van der Waals surface area contributed by atoms with Gasteiger partial charge in [-0.2, -0.15) is 0 Å². The van der Waals surface area contributed by atoms with Crippen LogP contribution >= 0.6 is 0 Å². The lowest BCUT2D eigenvalue weighted by Crippen LogP contribution is -2.62. The molecule has 1 rings (SSSR count). The van der Waals surface area contributed by atoms with E-state index in [4.69, 9.17) is 0 Å². The molecule has 0 saturated heterocycles. The molecule has 0 aromatic carbocycles. The van der Waals surface area contributed by atoms with Crippen molar-refractivity contribution in [1.29, 1.82) is 0 Å². The van der Waals surface area contributed by atoms with Crippen LogP contribution in [0.2, 0.25) is 0 Å². The van der Waals surface area contributed by atoms with E-state index in [9.17, 15) is 4.79 Å². The minimum Gasteiger partial charge on any atom is -0.338 e. The fourth-order valence-corrected chi connectivity index (χ4v) is 2.93. The Kier molecular flexibility index (Phi) is 6.79. The summed E-state index contributed by atoms with van der Waals surface area (Å²) in [5.74, 6) is 0.0327. The lowest BCUT2D eigenvalue weighted by Gasteiger charge is -2.41. The summed E-state index contributed by atoms with van der Waals surface area (Å²) < 4.78 is 0.779. The minimum atomic E-state index is 0.0327. The van der Waals surface area contributed by atoms with Gasteiger partial charge in [0.25, 0.3) is 0 Å². The maximum Gasteiger partial charge on any atom is 0.221 e. The number of allylic oxidation sites excluding steroid dienone is 2. The number of nitrogens with one attached hydrogen (secondary N) is 2. The van der Waals surface area contributed by atoms with Crippen LogP contribution in [0.1, 0.15) is 53.4 Å². The SMILES string of the molecule is CCC/C=C/CCC1NC=C[N+]1(CC)C(C)NC(C)=O. The van der Waals surface area contributed by atoms with E-state index in [0.29, 0.717) is 6.17 Å². The smallest absolute Gasteiger partial charge is 0.221 e. The van der Waals surface area contributed by atoms with E-state index in [1.54, 1.807) is 6.92 Å². The van der Waals surface area contributed by atoms with E-state index in [-0.39, 0.29) is 12.1 Å². The molecule has 1 heterocycles. The number of carbonyl (C=O) groups is 1. The zero-order chi connectivity index (χ0) is 15.0. The predicted octanol–water partition coefficient (Wildman–Crippen LogP) is 2.84. The average molecular weight is 280 g/mol. The fourth-order valence-electron chi connectivity index (χ4n) is 2.93. The molecule has 1 amide bonds. The van der Waals surface area contributed by atoms with Crippen LogP contribution in [0.25, 0.3) is 0 Å². The van der Waals surface area contributed by atoms with Gasteiger partial charge in [0, 0.05) is 20.3 Å². The summed E-state index contributed by atoms with van der Waals surface area (Å²) in [7, 11) is 0. The molecule has 1 aliphatic rings. The second-order valence-corrected chi connectivity index (χ2v) is 5.52. The molecular formula is C16H30N3O+. The zero-order valence-corrected chi connectivity index (χ0v) is 13.4. The number of rotatable bonds is 8. The first-order valence-electron chi connectivity index (χ1n) is 7.79. The van der Waals surface area contributed by atoms with Crippen LogP contribution in [0.15, 0.2) is 24.6 Å². The summed E-state index contributed by atoms with van der Waals surface area (Å²) in [6.45, 7) is 9.01. The van der Waals surface area contributed by atoms with Crippen molar-refractivity contribution in [3.8, 4) is 0 Å². The number of unbranched alkanes of at least 4 members (excludes halogenated alkanes) is 1. The van der Waals surface area contributed by atoms with E-state index in [1.807, 2.05) is 6.20 Å². The molecule has 0 aromatic rings. The molecule has 0 spiro atoms. The summed E-state index contributed by atoms with van der Waals surface area (Å²) in [6.07, 6.45) is 13.7. The van der Waals surface area contributed by atoms with Crippen molar-refractivity contribution in [2.45, 2.75) is 65.7 Å². The Balaban J connectivity index is 2.63. The molecule has 1 aliphatic heterocycles. The summed E-state index contributed by atoms with van der Waals surface area (Å²) in [4.78, 5) is 11.3. The Morgan fingerprint density at radius 3 is 2.70 bits per heavy atom. The minimum absolute atomic E-state index is 0.0327. The van der Waals surface area contributed by atoms with Gasteiger partial charge in [-0.25, -0.2) is 0 Å². The normalized spacial score (nSPS) is 26.7. The van der Waals surface area contributed by atoms with Gasteiger partial charge in [-0.05, 0) is 19.8 Å². The molecular weight excluding hydrogens is 250 g/mol. The molecule has 4 nitrogen and oxygen atoms in total. The standard InChI is InChI=1S/C16H29N3O/c1-5-7-8-9-10-11-16-17-12-13-19(16,6-2)14(3)18-15(4)20/h8-9,12-14,16-17H,5-7,10-11H2,1-4H3/p+1/b9-8+. The Morgan fingerprint density at radius 1 is 1.40 bits per heavy atom. The molecule has 2 N–H and O–H groups in total. The molecule has 0 saturated carbocycles. The number of hydrogen-bond acceptors (Lipinski definition) is 2. The lowest BCUT2D eigenvalue weighted by molar-refractivity contribution is -0.923. The summed E-state index contributed by atoms with van der Waals surface area (Å²) in [5, 5.41) is 6.49. The summed E-state index contributed by atoms with van der Waals surface area (Å²) in [5.41, 5.74) is 0. The monoisotopic (exact) mass is 280 g/mol. The molecule has 0 aliphatic carbocycles. The van der Waals surface area contributed by atoms with Crippen molar-refractivity contribution in [2.75, 3.05) is 6.54 Å². The van der Waals surface area contributed by atoms with Crippen molar-refractivity contribution in [2.24, 2.45) is 0 Å². The summed E-state index contributed by atoms with van der Waals surface area (Å²) >= 11 is 0. The van der Waals surface area contributed by atoms with Gasteiger partial charge in [0.1, 0.15) is 6.20 Å². The predicted molar refractivity (Wildman–Crippen MR) is 83.4 cm³/mol. The number of carbonyl (C=O) groups excluding carboxylic acids is 1. The van der Waals surface area contributed by atoms with Gasteiger partial charge >= 0.3 is 0 Å². The second kappa shape index (κ2) is 8.10. The van der Waals surface area contributed by atoms with Gasteiger partial charge in [-0.3, -0.25) is 9.28 Å². The number of hydrogen-bond donors (Lipinski definition) is 2. The highest BCUT2D eigenvalue weighted by molar-refractivity contribution is 5.72. The number of amides is 1. The van der Waals surface area contributed by atoms with Gasteiger partial charge in [0.05, 0.1) is 12.7 Å².